The van der Waals surface area contributed by atoms with Gasteiger partial charge in [-0.2, -0.15) is 0 Å². The zero-order chi connectivity index (χ0) is 13.9. The van der Waals surface area contributed by atoms with E-state index in [0.717, 1.165) is 19.6 Å². The Labute approximate surface area is 124 Å². The molecular formula is C17H20N2S. The molecule has 2 aromatic heterocycles. The van der Waals surface area contributed by atoms with E-state index in [1.807, 2.05) is 11.3 Å². The van der Waals surface area contributed by atoms with Crippen molar-refractivity contribution in [2.24, 2.45) is 0 Å². The molecule has 0 fully saturated rings. The van der Waals surface area contributed by atoms with Crippen molar-refractivity contribution in [3.63, 3.8) is 0 Å². The molecule has 3 rings (SSSR count). The van der Waals surface area contributed by atoms with Gasteiger partial charge >= 0.3 is 0 Å². The number of nitrogens with zero attached hydrogens (tertiary/aromatic N) is 1. The van der Waals surface area contributed by atoms with Gasteiger partial charge in [0, 0.05) is 41.1 Å². The summed E-state index contributed by atoms with van der Waals surface area (Å²) in [5, 5.41) is 4.85. The lowest BCUT2D eigenvalue weighted by atomic mass is 10.2. The number of rotatable bonds is 5. The predicted molar refractivity (Wildman–Crippen MR) is 87.4 cm³/mol. The zero-order valence-electron chi connectivity index (χ0n) is 12.0. The average molecular weight is 284 g/mol. The summed E-state index contributed by atoms with van der Waals surface area (Å²) in [4.78, 5) is 2.80. The lowest BCUT2D eigenvalue weighted by Gasteiger charge is -2.07. The molecule has 0 saturated carbocycles. The van der Waals surface area contributed by atoms with E-state index < -0.39 is 0 Å². The average Bonchev–Trinajstić information content (AvgIpc) is 3.01. The lowest BCUT2D eigenvalue weighted by molar-refractivity contribution is 0.613. The highest BCUT2D eigenvalue weighted by atomic mass is 32.1. The van der Waals surface area contributed by atoms with Gasteiger partial charge in [-0.15, -0.1) is 11.3 Å². The highest BCUT2D eigenvalue weighted by Gasteiger charge is 2.01. The first-order valence-electron chi connectivity index (χ1n) is 7.04. The third-order valence-electron chi connectivity index (χ3n) is 3.55. The van der Waals surface area contributed by atoms with E-state index in [9.17, 15) is 0 Å². The molecule has 0 amide bonds. The molecule has 1 aromatic carbocycles. The van der Waals surface area contributed by atoms with Crippen molar-refractivity contribution in [3.05, 3.63) is 57.9 Å². The monoisotopic (exact) mass is 284 g/mol. The molecule has 20 heavy (non-hydrogen) atoms. The van der Waals surface area contributed by atoms with E-state index in [4.69, 9.17) is 0 Å². The Kier molecular flexibility index (Phi) is 3.90. The first kappa shape index (κ1) is 13.4. The summed E-state index contributed by atoms with van der Waals surface area (Å²) in [7, 11) is 0. The van der Waals surface area contributed by atoms with Crippen LogP contribution < -0.4 is 5.32 Å². The third kappa shape index (κ3) is 2.94. The standard InChI is InChI=1S/C17H20N2S/c1-13-3-5-15-7-9-19(17(15)11-13)10-8-18-12-16-6-4-14(2)20-16/h3-7,9,11,18H,8,10,12H2,1-2H3. The molecule has 0 bridgehead atoms. The number of aryl methyl sites for hydroxylation is 2. The van der Waals surface area contributed by atoms with Gasteiger partial charge in [0.1, 0.15) is 0 Å². The molecule has 0 atom stereocenters. The van der Waals surface area contributed by atoms with Crippen molar-refractivity contribution in [1.29, 1.82) is 0 Å². The van der Waals surface area contributed by atoms with Crippen LogP contribution in [0.4, 0.5) is 0 Å². The fourth-order valence-electron chi connectivity index (χ4n) is 2.48. The number of hydrogen-bond donors (Lipinski definition) is 1. The van der Waals surface area contributed by atoms with E-state index in [1.165, 1.54) is 26.2 Å². The molecule has 0 aliphatic heterocycles. The van der Waals surface area contributed by atoms with Crippen molar-refractivity contribution in [2.75, 3.05) is 6.54 Å². The number of nitrogens with one attached hydrogen (secondary N) is 1. The van der Waals surface area contributed by atoms with E-state index in [1.54, 1.807) is 0 Å². The maximum absolute atomic E-state index is 3.52. The topological polar surface area (TPSA) is 17.0 Å². The minimum absolute atomic E-state index is 0.969. The second kappa shape index (κ2) is 5.81. The molecular weight excluding hydrogens is 264 g/mol. The smallest absolute Gasteiger partial charge is 0.0483 e. The molecule has 0 spiro atoms. The summed E-state index contributed by atoms with van der Waals surface area (Å²) in [5.74, 6) is 0. The molecule has 104 valence electrons. The molecule has 3 heteroatoms. The molecule has 0 aliphatic carbocycles. The number of thiophene rings is 1. The zero-order valence-corrected chi connectivity index (χ0v) is 12.8. The Morgan fingerprint density at radius 1 is 1.10 bits per heavy atom. The van der Waals surface area contributed by atoms with E-state index in [2.05, 4.69) is 66.3 Å². The van der Waals surface area contributed by atoms with Crippen molar-refractivity contribution < 1.29 is 0 Å². The van der Waals surface area contributed by atoms with Crippen LogP contribution in [-0.4, -0.2) is 11.1 Å². The van der Waals surface area contributed by atoms with E-state index >= 15 is 0 Å². The van der Waals surface area contributed by atoms with Crippen LogP contribution >= 0.6 is 11.3 Å². The number of fused-ring (bicyclic) bond motifs is 1. The Morgan fingerprint density at radius 3 is 2.80 bits per heavy atom. The Morgan fingerprint density at radius 2 is 2.00 bits per heavy atom. The quantitative estimate of drug-likeness (QED) is 0.698. The Bertz CT molecular complexity index is 709. The molecule has 0 radical (unpaired) electrons. The molecule has 0 unspecified atom stereocenters. The summed E-state index contributed by atoms with van der Waals surface area (Å²) in [6, 6.07) is 13.2. The van der Waals surface area contributed by atoms with Crippen molar-refractivity contribution >= 4 is 22.2 Å². The molecule has 2 heterocycles. The van der Waals surface area contributed by atoms with Gasteiger partial charge < -0.3 is 9.88 Å². The van der Waals surface area contributed by atoms with Gasteiger partial charge in [-0.05, 0) is 49.1 Å². The summed E-state index contributed by atoms with van der Waals surface area (Å²) in [6.07, 6.45) is 2.18. The second-order valence-electron chi connectivity index (χ2n) is 5.26. The van der Waals surface area contributed by atoms with Crippen LogP contribution in [0, 0.1) is 13.8 Å². The van der Waals surface area contributed by atoms with Crippen LogP contribution in [0.2, 0.25) is 0 Å². The first-order chi connectivity index (χ1) is 9.72. The lowest BCUT2D eigenvalue weighted by Crippen LogP contribution is -2.18. The van der Waals surface area contributed by atoms with Gasteiger partial charge in [-0.25, -0.2) is 0 Å². The fourth-order valence-corrected chi connectivity index (χ4v) is 3.34. The van der Waals surface area contributed by atoms with Gasteiger partial charge in [0.05, 0.1) is 0 Å². The maximum atomic E-state index is 3.52. The minimum Gasteiger partial charge on any atom is -0.346 e. The maximum Gasteiger partial charge on any atom is 0.0483 e. The molecule has 2 nitrogen and oxygen atoms in total. The molecule has 0 saturated heterocycles. The Hall–Kier alpha value is -1.58. The summed E-state index contributed by atoms with van der Waals surface area (Å²) in [6.45, 7) is 7.28. The van der Waals surface area contributed by atoms with Gasteiger partial charge in [-0.1, -0.05) is 12.1 Å². The minimum atomic E-state index is 0.969. The molecule has 3 aromatic rings. The van der Waals surface area contributed by atoms with Gasteiger partial charge in [0.2, 0.25) is 0 Å². The molecule has 1 N–H and O–H groups in total. The normalized spacial score (nSPS) is 11.3. The first-order valence-corrected chi connectivity index (χ1v) is 7.85. The number of hydrogen-bond acceptors (Lipinski definition) is 2. The van der Waals surface area contributed by atoms with Crippen LogP contribution in [0.25, 0.3) is 10.9 Å². The summed E-state index contributed by atoms with van der Waals surface area (Å²) in [5.41, 5.74) is 2.65. The number of aromatic nitrogens is 1. The van der Waals surface area contributed by atoms with Crippen molar-refractivity contribution in [1.82, 2.24) is 9.88 Å². The summed E-state index contributed by atoms with van der Waals surface area (Å²) >= 11 is 1.87. The van der Waals surface area contributed by atoms with Crippen LogP contribution in [0.15, 0.2) is 42.6 Å². The largest absolute Gasteiger partial charge is 0.346 e. The van der Waals surface area contributed by atoms with Gasteiger partial charge in [0.15, 0.2) is 0 Å². The third-order valence-corrected chi connectivity index (χ3v) is 4.55. The number of benzene rings is 1. The van der Waals surface area contributed by atoms with Gasteiger partial charge in [0.25, 0.3) is 0 Å². The highest BCUT2D eigenvalue weighted by Crippen LogP contribution is 2.17. The summed E-state index contributed by atoms with van der Waals surface area (Å²) < 4.78 is 2.33. The van der Waals surface area contributed by atoms with E-state index in [-0.39, 0.29) is 0 Å². The fraction of sp³-hybridized carbons (Fsp3) is 0.294. The van der Waals surface area contributed by atoms with Crippen molar-refractivity contribution in [3.8, 4) is 0 Å². The Balaban J connectivity index is 1.58. The van der Waals surface area contributed by atoms with Crippen molar-refractivity contribution in [2.45, 2.75) is 26.9 Å². The SMILES string of the molecule is Cc1ccc2ccn(CCNCc3ccc(C)s3)c2c1. The van der Waals surface area contributed by atoms with E-state index in [0.29, 0.717) is 0 Å². The van der Waals surface area contributed by atoms with Crippen LogP contribution in [0.5, 0.6) is 0 Å². The second-order valence-corrected chi connectivity index (χ2v) is 6.63. The molecule has 0 aliphatic rings. The van der Waals surface area contributed by atoms with Crippen LogP contribution in [0.1, 0.15) is 15.3 Å². The predicted octanol–water partition coefficient (Wildman–Crippen LogP) is 4.11. The van der Waals surface area contributed by atoms with Crippen LogP contribution in [0.3, 0.4) is 0 Å². The van der Waals surface area contributed by atoms with Gasteiger partial charge in [-0.3, -0.25) is 0 Å². The van der Waals surface area contributed by atoms with Crippen LogP contribution in [-0.2, 0) is 13.1 Å². The highest BCUT2D eigenvalue weighted by molar-refractivity contribution is 7.11.